The number of rotatable bonds is 7. The molecule has 3 rings (SSSR count). The molecule has 3 aromatic rings. The molecule has 4 nitrogen and oxygen atoms in total. The van der Waals surface area contributed by atoms with E-state index in [4.69, 9.17) is 4.98 Å². The van der Waals surface area contributed by atoms with Gasteiger partial charge in [0, 0.05) is 28.6 Å². The van der Waals surface area contributed by atoms with Gasteiger partial charge in [-0.05, 0) is 20.9 Å². The molecule has 0 bridgehead atoms. The van der Waals surface area contributed by atoms with Crippen molar-refractivity contribution >= 4 is 29.7 Å². The van der Waals surface area contributed by atoms with Gasteiger partial charge in [-0.1, -0.05) is 60.2 Å². The molecule has 148 valence electrons. The van der Waals surface area contributed by atoms with E-state index < -0.39 is 0 Å². The second-order valence-electron chi connectivity index (χ2n) is 6.69. The standard InChI is InChI=1S/C22H25N3OS.ClH/c1-15-9-11-17(12-10-15)21-19(13-20(26)24-14-16(2)23-3)27-22(25-21)18-7-5-4-6-8-18;/h4-12,16,23H,13-14H2,1-3H3,(H,24,26);1H. The molecule has 0 fully saturated rings. The molecule has 0 saturated heterocycles. The summed E-state index contributed by atoms with van der Waals surface area (Å²) in [6, 6.07) is 18.7. The number of carbonyl (C=O) groups is 1. The van der Waals surface area contributed by atoms with Gasteiger partial charge in [0.15, 0.2) is 0 Å². The van der Waals surface area contributed by atoms with Crippen molar-refractivity contribution in [1.82, 2.24) is 15.6 Å². The van der Waals surface area contributed by atoms with Crippen LogP contribution in [0, 0.1) is 6.92 Å². The topological polar surface area (TPSA) is 54.0 Å². The highest BCUT2D eigenvalue weighted by atomic mass is 35.5. The number of likely N-dealkylation sites (N-methyl/N-ethyl adjacent to an activating group) is 1. The Hall–Kier alpha value is -2.21. The number of hydrogen-bond acceptors (Lipinski definition) is 4. The van der Waals surface area contributed by atoms with Crippen molar-refractivity contribution in [2.45, 2.75) is 26.3 Å². The Morgan fingerprint density at radius 2 is 1.75 bits per heavy atom. The Morgan fingerprint density at radius 3 is 2.39 bits per heavy atom. The summed E-state index contributed by atoms with van der Waals surface area (Å²) >= 11 is 1.59. The van der Waals surface area contributed by atoms with Crippen molar-refractivity contribution in [3.63, 3.8) is 0 Å². The number of amides is 1. The van der Waals surface area contributed by atoms with Crippen LogP contribution in [0.15, 0.2) is 54.6 Å². The van der Waals surface area contributed by atoms with Gasteiger partial charge in [-0.25, -0.2) is 4.98 Å². The molecule has 1 atom stereocenters. The van der Waals surface area contributed by atoms with Crippen LogP contribution in [0.25, 0.3) is 21.8 Å². The molecule has 1 aromatic heterocycles. The molecule has 0 aliphatic rings. The van der Waals surface area contributed by atoms with Crippen LogP contribution in [0.3, 0.4) is 0 Å². The van der Waals surface area contributed by atoms with Crippen LogP contribution in [0.2, 0.25) is 0 Å². The lowest BCUT2D eigenvalue weighted by molar-refractivity contribution is -0.120. The quantitative estimate of drug-likeness (QED) is 0.598. The van der Waals surface area contributed by atoms with E-state index in [9.17, 15) is 4.79 Å². The van der Waals surface area contributed by atoms with Crippen LogP contribution in [-0.2, 0) is 11.2 Å². The molecular formula is C22H26ClN3OS. The number of nitrogens with zero attached hydrogens (tertiary/aromatic N) is 1. The predicted octanol–water partition coefficient (Wildman–Crippen LogP) is 4.47. The van der Waals surface area contributed by atoms with E-state index in [0.29, 0.717) is 13.0 Å². The first-order chi connectivity index (χ1) is 13.1. The summed E-state index contributed by atoms with van der Waals surface area (Å²) in [5, 5.41) is 7.07. The summed E-state index contributed by atoms with van der Waals surface area (Å²) < 4.78 is 0. The summed E-state index contributed by atoms with van der Waals surface area (Å²) in [5.74, 6) is 0.0220. The first kappa shape index (κ1) is 22.1. The zero-order chi connectivity index (χ0) is 19.2. The molecule has 0 aliphatic carbocycles. The summed E-state index contributed by atoms with van der Waals surface area (Å²) in [6.45, 7) is 4.72. The van der Waals surface area contributed by atoms with E-state index in [1.807, 2.05) is 32.2 Å². The zero-order valence-corrected chi connectivity index (χ0v) is 18.0. The first-order valence-electron chi connectivity index (χ1n) is 9.13. The van der Waals surface area contributed by atoms with Gasteiger partial charge in [0.25, 0.3) is 0 Å². The van der Waals surface area contributed by atoms with Crippen molar-refractivity contribution in [2.75, 3.05) is 13.6 Å². The van der Waals surface area contributed by atoms with Gasteiger partial charge < -0.3 is 10.6 Å². The molecule has 0 aliphatic heterocycles. The average Bonchev–Trinajstić information content (AvgIpc) is 3.11. The van der Waals surface area contributed by atoms with Crippen molar-refractivity contribution in [3.8, 4) is 21.8 Å². The lowest BCUT2D eigenvalue weighted by Gasteiger charge is -2.11. The molecule has 2 N–H and O–H groups in total. The fourth-order valence-electron chi connectivity index (χ4n) is 2.69. The zero-order valence-electron chi connectivity index (χ0n) is 16.4. The summed E-state index contributed by atoms with van der Waals surface area (Å²) in [7, 11) is 1.89. The molecule has 6 heteroatoms. The fourth-order valence-corrected chi connectivity index (χ4v) is 3.78. The smallest absolute Gasteiger partial charge is 0.225 e. The average molecular weight is 416 g/mol. The summed E-state index contributed by atoms with van der Waals surface area (Å²) in [4.78, 5) is 18.3. The van der Waals surface area contributed by atoms with Gasteiger partial charge in [-0.3, -0.25) is 4.79 Å². The van der Waals surface area contributed by atoms with Crippen molar-refractivity contribution in [1.29, 1.82) is 0 Å². The molecule has 0 saturated carbocycles. The van der Waals surface area contributed by atoms with Gasteiger partial charge in [-0.2, -0.15) is 0 Å². The second kappa shape index (κ2) is 10.4. The van der Waals surface area contributed by atoms with Gasteiger partial charge in [-0.15, -0.1) is 23.7 Å². The monoisotopic (exact) mass is 415 g/mol. The van der Waals surface area contributed by atoms with E-state index in [2.05, 4.69) is 54.0 Å². The molecule has 1 unspecified atom stereocenters. The highest BCUT2D eigenvalue weighted by molar-refractivity contribution is 7.15. The highest BCUT2D eigenvalue weighted by Crippen LogP contribution is 2.34. The van der Waals surface area contributed by atoms with Crippen LogP contribution >= 0.6 is 23.7 Å². The third-order valence-electron chi connectivity index (χ3n) is 4.46. The van der Waals surface area contributed by atoms with E-state index in [-0.39, 0.29) is 24.4 Å². The lowest BCUT2D eigenvalue weighted by Crippen LogP contribution is -2.37. The molecule has 1 amide bonds. The van der Waals surface area contributed by atoms with E-state index in [1.165, 1.54) is 5.56 Å². The van der Waals surface area contributed by atoms with Crippen molar-refractivity contribution < 1.29 is 4.79 Å². The molecule has 1 heterocycles. The Balaban J connectivity index is 0.00000280. The Bertz CT molecular complexity index is 894. The maximum Gasteiger partial charge on any atom is 0.225 e. The highest BCUT2D eigenvalue weighted by Gasteiger charge is 2.17. The largest absolute Gasteiger partial charge is 0.354 e. The Kier molecular flexibility index (Phi) is 8.18. The minimum absolute atomic E-state index is 0. The SMILES string of the molecule is CNC(C)CNC(=O)Cc1sc(-c2ccccc2)nc1-c1ccc(C)cc1.Cl. The number of nitrogens with one attached hydrogen (secondary N) is 2. The molecule has 28 heavy (non-hydrogen) atoms. The minimum Gasteiger partial charge on any atom is -0.354 e. The van der Waals surface area contributed by atoms with Crippen LogP contribution < -0.4 is 10.6 Å². The summed E-state index contributed by atoms with van der Waals surface area (Å²) in [6.07, 6.45) is 0.337. The second-order valence-corrected chi connectivity index (χ2v) is 7.78. The molecule has 0 spiro atoms. The third kappa shape index (κ3) is 5.64. The normalized spacial score (nSPS) is 11.5. The van der Waals surface area contributed by atoms with Crippen LogP contribution in [0.1, 0.15) is 17.4 Å². The van der Waals surface area contributed by atoms with Gasteiger partial charge >= 0.3 is 0 Å². The van der Waals surface area contributed by atoms with Gasteiger partial charge in [0.05, 0.1) is 12.1 Å². The number of aryl methyl sites for hydroxylation is 1. The van der Waals surface area contributed by atoms with Crippen molar-refractivity contribution in [2.24, 2.45) is 0 Å². The van der Waals surface area contributed by atoms with Crippen molar-refractivity contribution in [3.05, 3.63) is 65.0 Å². The molecule has 0 radical (unpaired) electrons. The molecule has 2 aromatic carbocycles. The maximum atomic E-state index is 12.5. The number of thiazole rings is 1. The molecular weight excluding hydrogens is 390 g/mol. The fraction of sp³-hybridized carbons (Fsp3) is 0.273. The Labute approximate surface area is 176 Å². The minimum atomic E-state index is 0. The van der Waals surface area contributed by atoms with Crippen LogP contribution in [-0.4, -0.2) is 30.5 Å². The third-order valence-corrected chi connectivity index (χ3v) is 5.57. The number of halogens is 1. The number of benzene rings is 2. The maximum absolute atomic E-state index is 12.5. The summed E-state index contributed by atoms with van der Waals surface area (Å²) in [5.41, 5.74) is 4.23. The number of aromatic nitrogens is 1. The first-order valence-corrected chi connectivity index (χ1v) is 9.94. The van der Waals surface area contributed by atoms with E-state index >= 15 is 0 Å². The van der Waals surface area contributed by atoms with E-state index in [0.717, 1.165) is 26.7 Å². The number of carbonyl (C=O) groups excluding carboxylic acids is 1. The van der Waals surface area contributed by atoms with E-state index in [1.54, 1.807) is 11.3 Å². The Morgan fingerprint density at radius 1 is 1.07 bits per heavy atom. The number of hydrogen-bond donors (Lipinski definition) is 2. The lowest BCUT2D eigenvalue weighted by atomic mass is 10.1. The predicted molar refractivity (Wildman–Crippen MR) is 120 cm³/mol. The van der Waals surface area contributed by atoms with Crippen LogP contribution in [0.4, 0.5) is 0 Å². The van der Waals surface area contributed by atoms with Crippen LogP contribution in [0.5, 0.6) is 0 Å². The van der Waals surface area contributed by atoms with Gasteiger partial charge in [0.1, 0.15) is 5.01 Å². The van der Waals surface area contributed by atoms with Gasteiger partial charge in [0.2, 0.25) is 5.91 Å².